The summed E-state index contributed by atoms with van der Waals surface area (Å²) in [6, 6.07) is 31.5. The molecule has 2 atom stereocenters. The molecule has 0 bridgehead atoms. The third-order valence-electron chi connectivity index (χ3n) is 12.5. The van der Waals surface area contributed by atoms with Gasteiger partial charge < -0.3 is 0 Å². The normalized spacial score (nSPS) is 17.5. The minimum atomic E-state index is -3.86. The van der Waals surface area contributed by atoms with Crippen molar-refractivity contribution in [1.29, 1.82) is 0 Å². The van der Waals surface area contributed by atoms with Crippen LogP contribution < -0.4 is 0 Å². The molecule has 0 N–H and O–H groups in total. The van der Waals surface area contributed by atoms with E-state index in [9.17, 15) is 0 Å². The second-order valence-corrected chi connectivity index (χ2v) is 64.1. The molecule has 0 radical (unpaired) electrons. The van der Waals surface area contributed by atoms with Gasteiger partial charge in [-0.05, 0) is 0 Å². The van der Waals surface area contributed by atoms with Crippen LogP contribution in [0.15, 0.2) is 84.9 Å². The molecule has 0 fully saturated rings. The zero-order valence-corrected chi connectivity index (χ0v) is 36.4. The Balaban J connectivity index is 1.50. The van der Waals surface area contributed by atoms with Crippen molar-refractivity contribution in [3.8, 4) is 22.3 Å². The molecule has 6 rings (SSSR count). The Morgan fingerprint density at radius 3 is 1.29 bits per heavy atom. The van der Waals surface area contributed by atoms with E-state index in [2.05, 4.69) is 176 Å². The van der Waals surface area contributed by atoms with Crippen LogP contribution in [0.4, 0.5) is 0 Å². The average Bonchev–Trinajstić information content (AvgIpc) is 3.67. The topological polar surface area (TPSA) is 0 Å². The van der Waals surface area contributed by atoms with Crippen molar-refractivity contribution in [2.45, 2.75) is 109 Å². The Hall–Kier alpha value is -2.55. The molecule has 250 valence electrons. The predicted octanol–water partition coefficient (Wildman–Crippen LogP) is 13.9. The van der Waals surface area contributed by atoms with E-state index < -0.39 is 22.6 Å². The van der Waals surface area contributed by atoms with Gasteiger partial charge in [0.25, 0.3) is 0 Å². The van der Waals surface area contributed by atoms with Crippen molar-refractivity contribution in [2.75, 3.05) is 0 Å². The van der Waals surface area contributed by atoms with Crippen molar-refractivity contribution in [1.82, 2.24) is 0 Å². The van der Waals surface area contributed by atoms with Gasteiger partial charge in [-0.2, -0.15) is 0 Å². The van der Waals surface area contributed by atoms with Crippen LogP contribution >= 0.6 is 0 Å². The van der Waals surface area contributed by atoms with Gasteiger partial charge in [0, 0.05) is 0 Å². The number of benzene rings is 4. The second kappa shape index (κ2) is 12.3. The molecule has 2 aliphatic carbocycles. The molecule has 2 aliphatic rings. The molecule has 0 aliphatic heterocycles. The van der Waals surface area contributed by atoms with Gasteiger partial charge in [-0.1, -0.05) is 0 Å². The fourth-order valence-electron chi connectivity index (χ4n) is 9.56. The first-order valence-corrected chi connectivity index (χ1v) is 37.0. The van der Waals surface area contributed by atoms with E-state index in [4.69, 9.17) is 0 Å². The number of allylic oxidation sites excluding steroid dienone is 2. The average molecular weight is 818 g/mol. The number of fused-ring (bicyclic) bond motifs is 2. The summed E-state index contributed by atoms with van der Waals surface area (Å²) in [5.74, 6) is 0. The third-order valence-corrected chi connectivity index (χ3v) is 70.6. The van der Waals surface area contributed by atoms with Crippen LogP contribution in [0.2, 0.25) is 21.4 Å². The molecule has 2 heteroatoms. The van der Waals surface area contributed by atoms with E-state index in [1.54, 1.807) is 11.1 Å². The van der Waals surface area contributed by atoms with E-state index in [0.717, 1.165) is 0 Å². The first kappa shape index (κ1) is 35.3. The molecule has 0 nitrogen and oxygen atoms in total. The van der Waals surface area contributed by atoms with Crippen molar-refractivity contribution in [2.24, 2.45) is 0 Å². The van der Waals surface area contributed by atoms with E-state index in [1.165, 1.54) is 67.7 Å². The molecule has 0 saturated carbocycles. The van der Waals surface area contributed by atoms with Crippen molar-refractivity contribution < 1.29 is 17.1 Å². The van der Waals surface area contributed by atoms with Crippen LogP contribution in [0.5, 0.6) is 0 Å². The maximum absolute atomic E-state index is 3.86. The molecule has 0 aromatic heterocycles. The molecule has 2 unspecified atom stereocenters. The van der Waals surface area contributed by atoms with Crippen LogP contribution in [-0.4, -0.2) is 5.49 Å². The van der Waals surface area contributed by atoms with Gasteiger partial charge in [0.1, 0.15) is 0 Å². The Bertz CT molecular complexity index is 1910. The quantitative estimate of drug-likeness (QED) is 0.170. The molecule has 4 aromatic carbocycles. The van der Waals surface area contributed by atoms with Crippen LogP contribution in [0.3, 0.4) is 0 Å². The zero-order chi connectivity index (χ0) is 34.8. The molecule has 0 spiro atoms. The predicted molar refractivity (Wildman–Crippen MR) is 213 cm³/mol. The molecule has 0 saturated heterocycles. The summed E-state index contributed by atoms with van der Waals surface area (Å²) in [6.07, 6.45) is 10.4. The molecule has 0 heterocycles. The van der Waals surface area contributed by atoms with Gasteiger partial charge >= 0.3 is 295 Å². The number of hydrogen-bond acceptors (Lipinski definition) is 0. The van der Waals surface area contributed by atoms with Gasteiger partial charge in [-0.3, -0.25) is 0 Å². The van der Waals surface area contributed by atoms with Gasteiger partial charge in [-0.25, -0.2) is 0 Å². The summed E-state index contributed by atoms with van der Waals surface area (Å²) in [6.45, 7) is 23.5. The van der Waals surface area contributed by atoms with Gasteiger partial charge in [0.15, 0.2) is 0 Å². The Kier molecular flexibility index (Phi) is 9.07. The Labute approximate surface area is 293 Å². The second-order valence-electron chi connectivity index (χ2n) is 17.8. The van der Waals surface area contributed by atoms with E-state index in [-0.39, 0.29) is 10.8 Å². The Morgan fingerprint density at radius 1 is 0.562 bits per heavy atom. The van der Waals surface area contributed by atoms with Crippen molar-refractivity contribution in [3.05, 3.63) is 129 Å². The van der Waals surface area contributed by atoms with E-state index in [1.807, 2.05) is 0 Å². The number of aryl methyl sites for hydroxylation is 2. The molecular weight excluding hydrogens is 759 g/mol. The van der Waals surface area contributed by atoms with Crippen molar-refractivity contribution >= 4 is 17.6 Å². The molecule has 4 aromatic rings. The first-order chi connectivity index (χ1) is 22.5. The summed E-state index contributed by atoms with van der Waals surface area (Å²) >= 11 is -3.86. The van der Waals surface area contributed by atoms with Crippen molar-refractivity contribution in [3.63, 3.8) is 0 Å². The molecular formula is C46H58HfSi. The zero-order valence-electron chi connectivity index (χ0n) is 31.8. The van der Waals surface area contributed by atoms with Crippen LogP contribution in [0.25, 0.3) is 34.4 Å². The van der Waals surface area contributed by atoms with E-state index >= 15 is 0 Å². The van der Waals surface area contributed by atoms with Gasteiger partial charge in [0.2, 0.25) is 0 Å². The van der Waals surface area contributed by atoms with Crippen LogP contribution in [0.1, 0.15) is 107 Å². The van der Waals surface area contributed by atoms with Crippen LogP contribution in [0, 0.1) is 13.8 Å². The van der Waals surface area contributed by atoms with Crippen LogP contribution in [-0.2, 0) is 28.0 Å². The summed E-state index contributed by atoms with van der Waals surface area (Å²) < 4.78 is 6.88. The third kappa shape index (κ3) is 5.68. The maximum atomic E-state index is 2.89. The van der Waals surface area contributed by atoms with E-state index in [0.29, 0.717) is 7.35 Å². The monoisotopic (exact) mass is 818 g/mol. The molecule has 48 heavy (non-hydrogen) atoms. The Morgan fingerprint density at radius 2 is 0.958 bits per heavy atom. The first-order valence-electron chi connectivity index (χ1n) is 18.4. The summed E-state index contributed by atoms with van der Waals surface area (Å²) in [5.41, 5.74) is 17.0. The molecule has 0 amide bonds. The SMILES string of the molecule is CC[Si](CC)=[Hf]([CH3])([CH3])([CH]1C=Cc2c(-c3ccc(C(C)(C)C)cc3C)cccc21)[CH]1C=Cc2c(-c3ccc(C(C)(C)C)cc3C)cccc21. The summed E-state index contributed by atoms with van der Waals surface area (Å²) in [4.78, 5) is 0. The summed E-state index contributed by atoms with van der Waals surface area (Å²) in [7, 11) is 0. The number of rotatable bonds is 6. The fraction of sp³-hybridized carbons (Fsp3) is 0.391. The fourth-order valence-corrected chi connectivity index (χ4v) is 65.8. The van der Waals surface area contributed by atoms with Gasteiger partial charge in [0.05, 0.1) is 0 Å². The number of hydrogen-bond donors (Lipinski definition) is 0. The van der Waals surface area contributed by atoms with Gasteiger partial charge in [-0.15, -0.1) is 0 Å². The standard InChI is InChI=1S/2C20H21.C4H10Si.2CH3.Hf/c2*1-14-13-16(20(2,3)4)11-12-17(14)19-10-6-8-15-7-5-9-18(15)19;1-3-5-4-2;;;/h2*5-13H,1-4H3;3-4H2,1-2H3;2*1H3;. The summed E-state index contributed by atoms with van der Waals surface area (Å²) in [5, 5.41) is 0. The minimum absolute atomic E-state index is 0.149.